The van der Waals surface area contributed by atoms with Crippen LogP contribution in [0.2, 0.25) is 0 Å². The predicted octanol–water partition coefficient (Wildman–Crippen LogP) is 3.51. The summed E-state index contributed by atoms with van der Waals surface area (Å²) in [6.07, 6.45) is 7.21. The molecule has 22 heavy (non-hydrogen) atoms. The minimum absolute atomic E-state index is 0.0119. The van der Waals surface area contributed by atoms with E-state index >= 15 is 0 Å². The van der Waals surface area contributed by atoms with Gasteiger partial charge in [0.15, 0.2) is 0 Å². The third-order valence-corrected chi connectivity index (χ3v) is 4.94. The third-order valence-electron chi connectivity index (χ3n) is 4.94. The van der Waals surface area contributed by atoms with Crippen molar-refractivity contribution in [3.8, 4) is 6.07 Å². The molecule has 0 amide bonds. The lowest BCUT2D eigenvalue weighted by molar-refractivity contribution is -0.171. The van der Waals surface area contributed by atoms with Crippen molar-refractivity contribution in [2.24, 2.45) is 11.3 Å². The summed E-state index contributed by atoms with van der Waals surface area (Å²) in [4.78, 5) is 15.2. The van der Waals surface area contributed by atoms with Crippen molar-refractivity contribution in [2.75, 3.05) is 19.6 Å². The van der Waals surface area contributed by atoms with E-state index in [-0.39, 0.29) is 17.3 Å². The van der Waals surface area contributed by atoms with Crippen molar-refractivity contribution in [3.05, 3.63) is 0 Å². The zero-order valence-electron chi connectivity index (χ0n) is 14.4. The van der Waals surface area contributed by atoms with Crippen LogP contribution in [0.5, 0.6) is 0 Å². The molecule has 0 aromatic carbocycles. The van der Waals surface area contributed by atoms with Gasteiger partial charge >= 0.3 is 5.97 Å². The number of carbonyl (C=O) groups is 1. The molecule has 2 aliphatic rings. The van der Waals surface area contributed by atoms with Crippen LogP contribution in [0, 0.1) is 22.7 Å². The Morgan fingerprint density at radius 1 is 1.23 bits per heavy atom. The molecule has 2 fully saturated rings. The Morgan fingerprint density at radius 2 is 1.82 bits per heavy atom. The number of esters is 1. The highest BCUT2D eigenvalue weighted by molar-refractivity contribution is 5.77. The number of likely N-dealkylation sites (tertiary alicyclic amines) is 1. The lowest BCUT2D eigenvalue weighted by Gasteiger charge is -2.42. The number of ether oxygens (including phenoxy) is 1. The Balaban J connectivity index is 2.03. The van der Waals surface area contributed by atoms with E-state index in [0.717, 1.165) is 58.2 Å². The average Bonchev–Trinajstić information content (AvgIpc) is 2.47. The van der Waals surface area contributed by atoms with Crippen molar-refractivity contribution in [3.63, 3.8) is 0 Å². The molecule has 2 rings (SSSR count). The molecule has 0 bridgehead atoms. The van der Waals surface area contributed by atoms with E-state index in [9.17, 15) is 4.79 Å². The molecule has 0 spiro atoms. The van der Waals surface area contributed by atoms with Crippen LogP contribution in [-0.2, 0) is 9.53 Å². The highest BCUT2D eigenvalue weighted by Crippen LogP contribution is 2.40. The second kappa shape index (κ2) is 7.00. The van der Waals surface area contributed by atoms with Crippen LogP contribution >= 0.6 is 0 Å². The van der Waals surface area contributed by atoms with Crippen molar-refractivity contribution < 1.29 is 9.53 Å². The van der Waals surface area contributed by atoms with Gasteiger partial charge in [0.1, 0.15) is 5.60 Å². The topological polar surface area (TPSA) is 53.3 Å². The summed E-state index contributed by atoms with van der Waals surface area (Å²) in [5.41, 5.74) is -0.750. The maximum Gasteiger partial charge on any atom is 0.313 e. The van der Waals surface area contributed by atoms with E-state index in [1.807, 2.05) is 20.8 Å². The average molecular weight is 306 g/mol. The van der Waals surface area contributed by atoms with Crippen molar-refractivity contribution in [2.45, 2.75) is 71.3 Å². The number of carbonyl (C=O) groups excluding carboxylic acids is 1. The molecular formula is C18H30N2O2. The molecule has 1 saturated carbocycles. The highest BCUT2D eigenvalue weighted by Gasteiger charge is 2.44. The van der Waals surface area contributed by atoms with Gasteiger partial charge in [0.2, 0.25) is 0 Å². The van der Waals surface area contributed by atoms with Crippen LogP contribution < -0.4 is 0 Å². The van der Waals surface area contributed by atoms with Crippen LogP contribution in [0.3, 0.4) is 0 Å². The molecule has 1 heterocycles. The number of nitriles is 1. The number of hydrogen-bond donors (Lipinski definition) is 0. The Hall–Kier alpha value is -1.08. The zero-order chi connectivity index (χ0) is 16.2. The molecule has 1 aliphatic carbocycles. The number of piperidine rings is 1. The fourth-order valence-electron chi connectivity index (χ4n) is 3.69. The zero-order valence-corrected chi connectivity index (χ0v) is 14.4. The van der Waals surface area contributed by atoms with E-state index in [1.54, 1.807) is 0 Å². The Kier molecular flexibility index (Phi) is 5.50. The number of rotatable bonds is 3. The smallest absolute Gasteiger partial charge is 0.313 e. The molecule has 0 N–H and O–H groups in total. The molecule has 4 heteroatoms. The minimum atomic E-state index is -0.421. The molecule has 0 atom stereocenters. The SMILES string of the molecule is CC(C)(C)OC(=O)C1(CN2CCC(C#N)CC2)CCCCC1. The van der Waals surface area contributed by atoms with Gasteiger partial charge in [-0.3, -0.25) is 4.79 Å². The van der Waals surface area contributed by atoms with Crippen LogP contribution in [0.25, 0.3) is 0 Å². The Labute approximate surface area is 134 Å². The maximum absolute atomic E-state index is 12.8. The van der Waals surface area contributed by atoms with Gasteiger partial charge in [-0.15, -0.1) is 0 Å². The first-order chi connectivity index (χ1) is 10.3. The van der Waals surface area contributed by atoms with Gasteiger partial charge in [-0.25, -0.2) is 0 Å². The van der Waals surface area contributed by atoms with Gasteiger partial charge < -0.3 is 9.64 Å². The summed E-state index contributed by atoms with van der Waals surface area (Å²) in [5.74, 6) is 0.183. The summed E-state index contributed by atoms with van der Waals surface area (Å²) in [7, 11) is 0. The molecule has 1 aliphatic heterocycles. The largest absolute Gasteiger partial charge is 0.460 e. The molecule has 4 nitrogen and oxygen atoms in total. The van der Waals surface area contributed by atoms with Crippen molar-refractivity contribution in [1.82, 2.24) is 4.90 Å². The molecule has 1 saturated heterocycles. The normalized spacial score (nSPS) is 23.7. The molecule has 0 aromatic heterocycles. The lowest BCUT2D eigenvalue weighted by Crippen LogP contribution is -2.49. The second-order valence-electron chi connectivity index (χ2n) is 8.02. The van der Waals surface area contributed by atoms with E-state index in [1.165, 1.54) is 6.42 Å². The highest BCUT2D eigenvalue weighted by atomic mass is 16.6. The lowest BCUT2D eigenvalue weighted by atomic mass is 9.73. The fourth-order valence-corrected chi connectivity index (χ4v) is 3.69. The summed E-state index contributed by atoms with van der Waals surface area (Å²) in [5, 5.41) is 9.02. The quantitative estimate of drug-likeness (QED) is 0.749. The summed E-state index contributed by atoms with van der Waals surface area (Å²) in [6.45, 7) is 8.51. The first kappa shape index (κ1) is 17.3. The van der Waals surface area contributed by atoms with Gasteiger partial charge in [0.05, 0.1) is 11.5 Å². The van der Waals surface area contributed by atoms with Gasteiger partial charge in [0.25, 0.3) is 0 Å². The van der Waals surface area contributed by atoms with E-state index < -0.39 is 5.60 Å². The summed E-state index contributed by atoms with van der Waals surface area (Å²) < 4.78 is 5.75. The van der Waals surface area contributed by atoms with Gasteiger partial charge in [-0.05, 0) is 59.5 Å². The van der Waals surface area contributed by atoms with Crippen LogP contribution in [0.1, 0.15) is 65.7 Å². The maximum atomic E-state index is 12.8. The third kappa shape index (κ3) is 4.46. The van der Waals surface area contributed by atoms with E-state index in [0.29, 0.717) is 0 Å². The monoisotopic (exact) mass is 306 g/mol. The molecule has 0 unspecified atom stereocenters. The Morgan fingerprint density at radius 3 is 2.32 bits per heavy atom. The molecular weight excluding hydrogens is 276 g/mol. The van der Waals surface area contributed by atoms with E-state index in [2.05, 4.69) is 11.0 Å². The molecule has 124 valence electrons. The molecule has 0 aromatic rings. The second-order valence-corrected chi connectivity index (χ2v) is 8.02. The summed E-state index contributed by atoms with van der Waals surface area (Å²) in [6, 6.07) is 2.37. The number of nitrogens with zero attached hydrogens (tertiary/aromatic N) is 2. The number of hydrogen-bond acceptors (Lipinski definition) is 4. The van der Waals surface area contributed by atoms with Gasteiger partial charge in [-0.2, -0.15) is 5.26 Å². The van der Waals surface area contributed by atoms with Gasteiger partial charge in [0, 0.05) is 12.5 Å². The predicted molar refractivity (Wildman–Crippen MR) is 86.1 cm³/mol. The van der Waals surface area contributed by atoms with Crippen LogP contribution in [0.4, 0.5) is 0 Å². The van der Waals surface area contributed by atoms with Crippen molar-refractivity contribution >= 4 is 5.97 Å². The first-order valence-corrected chi connectivity index (χ1v) is 8.70. The van der Waals surface area contributed by atoms with E-state index in [4.69, 9.17) is 10.00 Å². The first-order valence-electron chi connectivity index (χ1n) is 8.70. The Bertz CT molecular complexity index is 419. The van der Waals surface area contributed by atoms with Gasteiger partial charge in [-0.1, -0.05) is 19.3 Å². The minimum Gasteiger partial charge on any atom is -0.460 e. The van der Waals surface area contributed by atoms with Crippen LogP contribution in [-0.4, -0.2) is 36.1 Å². The van der Waals surface area contributed by atoms with Crippen molar-refractivity contribution in [1.29, 1.82) is 5.26 Å². The molecule has 0 radical (unpaired) electrons. The summed E-state index contributed by atoms with van der Waals surface area (Å²) >= 11 is 0. The van der Waals surface area contributed by atoms with Crippen LogP contribution in [0.15, 0.2) is 0 Å². The standard InChI is InChI=1S/C18H30N2O2/c1-17(2,3)22-16(21)18(9-5-4-6-10-18)14-20-11-7-15(13-19)8-12-20/h15H,4-12,14H2,1-3H3. The fraction of sp³-hybridized carbons (Fsp3) is 0.889.